The Morgan fingerprint density at radius 3 is 3.08 bits per heavy atom. The van der Waals surface area contributed by atoms with Crippen molar-refractivity contribution in [1.29, 1.82) is 0 Å². The highest BCUT2D eigenvalue weighted by molar-refractivity contribution is 5.85. The number of benzene rings is 1. The van der Waals surface area contributed by atoms with E-state index in [1.807, 2.05) is 12.1 Å². The van der Waals surface area contributed by atoms with Crippen LogP contribution < -0.4 is 0 Å². The zero-order valence-electron chi connectivity index (χ0n) is 15.0. The average molecular weight is 354 g/mol. The normalized spacial score (nSPS) is 17.1. The molecule has 1 saturated heterocycles. The van der Waals surface area contributed by atoms with Crippen molar-refractivity contribution in [3.8, 4) is 11.6 Å². The molecule has 136 valence electrons. The minimum atomic E-state index is -0.296. The SMILES string of the molecule is Cc1ccc2[nH]c(-c3nc(CCN(C)C(=O)C4CCCO4)no3)cc2c1. The van der Waals surface area contributed by atoms with Crippen molar-refractivity contribution in [3.05, 3.63) is 35.7 Å². The molecule has 1 aliphatic heterocycles. The van der Waals surface area contributed by atoms with Gasteiger partial charge in [0, 0.05) is 37.5 Å². The predicted molar refractivity (Wildman–Crippen MR) is 96.6 cm³/mol. The second-order valence-corrected chi connectivity index (χ2v) is 6.80. The number of carbonyl (C=O) groups excluding carboxylic acids is 1. The number of fused-ring (bicyclic) bond motifs is 1. The molecule has 0 aliphatic carbocycles. The van der Waals surface area contributed by atoms with E-state index >= 15 is 0 Å². The lowest BCUT2D eigenvalue weighted by atomic mass is 10.2. The molecule has 1 unspecified atom stereocenters. The van der Waals surface area contributed by atoms with Crippen LogP contribution in [-0.4, -0.2) is 52.2 Å². The zero-order chi connectivity index (χ0) is 18.1. The summed E-state index contributed by atoms with van der Waals surface area (Å²) in [5, 5.41) is 5.15. The largest absolute Gasteiger partial charge is 0.368 e. The first kappa shape index (κ1) is 16.8. The molecule has 3 heterocycles. The van der Waals surface area contributed by atoms with Crippen molar-refractivity contribution < 1.29 is 14.1 Å². The number of likely N-dealkylation sites (N-methyl/N-ethyl adjacent to an activating group) is 1. The fraction of sp³-hybridized carbons (Fsp3) is 0.421. The van der Waals surface area contributed by atoms with E-state index in [0.29, 0.717) is 31.3 Å². The molecule has 1 N–H and O–H groups in total. The number of hydrogen-bond acceptors (Lipinski definition) is 5. The van der Waals surface area contributed by atoms with Gasteiger partial charge in [0.25, 0.3) is 11.8 Å². The maximum atomic E-state index is 12.3. The number of nitrogens with zero attached hydrogens (tertiary/aromatic N) is 3. The molecule has 0 spiro atoms. The van der Waals surface area contributed by atoms with Crippen LogP contribution in [0.1, 0.15) is 24.2 Å². The van der Waals surface area contributed by atoms with Gasteiger partial charge < -0.3 is 19.1 Å². The van der Waals surface area contributed by atoms with Gasteiger partial charge in [0.15, 0.2) is 5.82 Å². The van der Waals surface area contributed by atoms with Crippen LogP contribution in [0.4, 0.5) is 0 Å². The number of ether oxygens (including phenoxy) is 1. The number of aryl methyl sites for hydroxylation is 1. The summed E-state index contributed by atoms with van der Waals surface area (Å²) < 4.78 is 10.8. The van der Waals surface area contributed by atoms with Crippen LogP contribution >= 0.6 is 0 Å². The van der Waals surface area contributed by atoms with E-state index in [-0.39, 0.29) is 12.0 Å². The summed E-state index contributed by atoms with van der Waals surface area (Å²) in [7, 11) is 1.78. The van der Waals surface area contributed by atoms with Crippen molar-refractivity contribution in [2.45, 2.75) is 32.3 Å². The second-order valence-electron chi connectivity index (χ2n) is 6.80. The number of hydrogen-bond donors (Lipinski definition) is 1. The molecule has 4 rings (SSSR count). The highest BCUT2D eigenvalue weighted by Crippen LogP contribution is 2.23. The molecular weight excluding hydrogens is 332 g/mol. The van der Waals surface area contributed by atoms with Gasteiger partial charge in [-0.3, -0.25) is 4.79 Å². The Kier molecular flexibility index (Phi) is 4.46. The summed E-state index contributed by atoms with van der Waals surface area (Å²) in [4.78, 5) is 21.7. The van der Waals surface area contributed by atoms with E-state index in [1.54, 1.807) is 11.9 Å². The molecule has 0 saturated carbocycles. The molecule has 3 aromatic rings. The molecular formula is C19H22N4O3. The van der Waals surface area contributed by atoms with Gasteiger partial charge in [-0.15, -0.1) is 0 Å². The number of amides is 1. The summed E-state index contributed by atoms with van der Waals surface area (Å²) in [6.45, 7) is 3.26. The predicted octanol–water partition coefficient (Wildman–Crippen LogP) is 2.71. The van der Waals surface area contributed by atoms with Crippen LogP contribution in [0, 0.1) is 6.92 Å². The fourth-order valence-electron chi connectivity index (χ4n) is 3.23. The summed E-state index contributed by atoms with van der Waals surface area (Å²) in [5.41, 5.74) is 3.04. The Bertz CT molecular complexity index is 924. The van der Waals surface area contributed by atoms with Crippen molar-refractivity contribution in [1.82, 2.24) is 20.0 Å². The Balaban J connectivity index is 1.41. The monoisotopic (exact) mass is 354 g/mol. The van der Waals surface area contributed by atoms with E-state index in [0.717, 1.165) is 29.4 Å². The van der Waals surface area contributed by atoms with Gasteiger partial charge >= 0.3 is 0 Å². The lowest BCUT2D eigenvalue weighted by Crippen LogP contribution is -2.37. The summed E-state index contributed by atoms with van der Waals surface area (Å²) in [6, 6.07) is 8.21. The van der Waals surface area contributed by atoms with Crippen LogP contribution in [0.2, 0.25) is 0 Å². The number of rotatable bonds is 5. The third-order valence-corrected chi connectivity index (χ3v) is 4.73. The standard InChI is InChI=1S/C19H22N4O3/c1-12-5-6-14-13(10-12)11-15(20-14)18-21-17(22-26-18)7-8-23(2)19(24)16-4-3-9-25-16/h5-6,10-11,16,20H,3-4,7-9H2,1-2H3. The van der Waals surface area contributed by atoms with Crippen molar-refractivity contribution in [2.75, 3.05) is 20.2 Å². The van der Waals surface area contributed by atoms with Crippen LogP contribution in [0.3, 0.4) is 0 Å². The highest BCUT2D eigenvalue weighted by atomic mass is 16.5. The minimum Gasteiger partial charge on any atom is -0.368 e. The van der Waals surface area contributed by atoms with Gasteiger partial charge in [0.05, 0.1) is 0 Å². The molecule has 7 nitrogen and oxygen atoms in total. The molecule has 1 fully saturated rings. The third-order valence-electron chi connectivity index (χ3n) is 4.73. The summed E-state index contributed by atoms with van der Waals surface area (Å²) in [5.74, 6) is 1.07. The van der Waals surface area contributed by atoms with Gasteiger partial charge in [-0.1, -0.05) is 16.8 Å². The van der Waals surface area contributed by atoms with Crippen LogP contribution in [0.5, 0.6) is 0 Å². The maximum Gasteiger partial charge on any atom is 0.274 e. The number of aromatic nitrogens is 3. The molecule has 2 aromatic heterocycles. The minimum absolute atomic E-state index is 0.0252. The number of H-pyrrole nitrogens is 1. The Hall–Kier alpha value is -2.67. The van der Waals surface area contributed by atoms with E-state index in [2.05, 4.69) is 34.2 Å². The van der Waals surface area contributed by atoms with E-state index < -0.39 is 0 Å². The lowest BCUT2D eigenvalue weighted by molar-refractivity contribution is -0.139. The number of aromatic amines is 1. The summed E-state index contributed by atoms with van der Waals surface area (Å²) in [6.07, 6.45) is 1.99. The number of nitrogens with one attached hydrogen (secondary N) is 1. The van der Waals surface area contributed by atoms with Gasteiger partial charge in [-0.2, -0.15) is 4.98 Å². The highest BCUT2D eigenvalue weighted by Gasteiger charge is 2.26. The zero-order valence-corrected chi connectivity index (χ0v) is 15.0. The first-order valence-corrected chi connectivity index (χ1v) is 8.89. The molecule has 1 aliphatic rings. The molecule has 0 bridgehead atoms. The molecule has 7 heteroatoms. The van der Waals surface area contributed by atoms with Crippen LogP contribution in [0.25, 0.3) is 22.5 Å². The van der Waals surface area contributed by atoms with Gasteiger partial charge in [0.1, 0.15) is 11.8 Å². The van der Waals surface area contributed by atoms with E-state index in [1.165, 1.54) is 5.56 Å². The molecule has 1 amide bonds. The van der Waals surface area contributed by atoms with Gasteiger partial charge in [0.2, 0.25) is 0 Å². The average Bonchev–Trinajstić information content (AvgIpc) is 3.37. The number of carbonyl (C=O) groups is 1. The van der Waals surface area contributed by atoms with Crippen molar-refractivity contribution >= 4 is 16.8 Å². The molecule has 0 radical (unpaired) electrons. The Morgan fingerprint density at radius 1 is 1.38 bits per heavy atom. The Labute approximate surface area is 151 Å². The van der Waals surface area contributed by atoms with Crippen molar-refractivity contribution in [3.63, 3.8) is 0 Å². The second kappa shape index (κ2) is 6.92. The maximum absolute atomic E-state index is 12.3. The quantitative estimate of drug-likeness (QED) is 0.761. The van der Waals surface area contributed by atoms with E-state index in [9.17, 15) is 4.79 Å². The molecule has 1 atom stereocenters. The van der Waals surface area contributed by atoms with Crippen molar-refractivity contribution in [2.24, 2.45) is 0 Å². The first-order valence-electron chi connectivity index (χ1n) is 8.89. The smallest absolute Gasteiger partial charge is 0.274 e. The first-order chi connectivity index (χ1) is 12.6. The van der Waals surface area contributed by atoms with Crippen LogP contribution in [-0.2, 0) is 16.0 Å². The molecule has 1 aromatic carbocycles. The lowest BCUT2D eigenvalue weighted by Gasteiger charge is -2.19. The van der Waals surface area contributed by atoms with E-state index in [4.69, 9.17) is 9.26 Å². The van der Waals surface area contributed by atoms with Gasteiger partial charge in [-0.25, -0.2) is 0 Å². The topological polar surface area (TPSA) is 84.2 Å². The van der Waals surface area contributed by atoms with Crippen LogP contribution in [0.15, 0.2) is 28.8 Å². The molecule has 26 heavy (non-hydrogen) atoms. The fourth-order valence-corrected chi connectivity index (χ4v) is 3.23. The Morgan fingerprint density at radius 2 is 2.27 bits per heavy atom. The van der Waals surface area contributed by atoms with Gasteiger partial charge in [-0.05, 0) is 38.0 Å². The third kappa shape index (κ3) is 3.35. The summed E-state index contributed by atoms with van der Waals surface area (Å²) >= 11 is 0.